The van der Waals surface area contributed by atoms with Crippen LogP contribution in [0, 0.1) is 5.92 Å². The second-order valence-corrected chi connectivity index (χ2v) is 6.57. The average Bonchev–Trinajstić information content (AvgIpc) is 2.47. The van der Waals surface area contributed by atoms with Crippen molar-refractivity contribution in [2.24, 2.45) is 5.92 Å². The lowest BCUT2D eigenvalue weighted by molar-refractivity contribution is -0.116. The summed E-state index contributed by atoms with van der Waals surface area (Å²) in [6.45, 7) is 8.43. The second-order valence-electron chi connectivity index (χ2n) is 6.57. The van der Waals surface area contributed by atoms with Gasteiger partial charge in [-0.2, -0.15) is 0 Å². The number of carbonyl (C=O) groups is 2. The SMILES string of the molecule is CCCC(=O)Nc1ccc(C(=O)NC(C)CCCC(C)C)cc1. The first-order valence-corrected chi connectivity index (χ1v) is 8.63. The van der Waals surface area contributed by atoms with Gasteiger partial charge in [-0.1, -0.05) is 33.6 Å². The molecule has 0 bridgehead atoms. The van der Waals surface area contributed by atoms with Crippen LogP contribution in [0.25, 0.3) is 0 Å². The van der Waals surface area contributed by atoms with Crippen molar-refractivity contribution in [3.63, 3.8) is 0 Å². The van der Waals surface area contributed by atoms with Gasteiger partial charge in [-0.25, -0.2) is 0 Å². The first-order valence-electron chi connectivity index (χ1n) is 8.63. The maximum Gasteiger partial charge on any atom is 0.251 e. The largest absolute Gasteiger partial charge is 0.350 e. The van der Waals surface area contributed by atoms with E-state index in [0.29, 0.717) is 17.9 Å². The van der Waals surface area contributed by atoms with E-state index in [1.165, 1.54) is 6.42 Å². The van der Waals surface area contributed by atoms with Crippen molar-refractivity contribution in [3.05, 3.63) is 29.8 Å². The van der Waals surface area contributed by atoms with Crippen LogP contribution in [-0.2, 0) is 4.79 Å². The van der Waals surface area contributed by atoms with Gasteiger partial charge in [0.25, 0.3) is 5.91 Å². The van der Waals surface area contributed by atoms with Crippen LogP contribution in [0.2, 0.25) is 0 Å². The van der Waals surface area contributed by atoms with E-state index < -0.39 is 0 Å². The summed E-state index contributed by atoms with van der Waals surface area (Å²) in [4.78, 5) is 23.7. The minimum absolute atomic E-state index is 0.00322. The van der Waals surface area contributed by atoms with E-state index in [4.69, 9.17) is 0 Å². The average molecular weight is 318 g/mol. The highest BCUT2D eigenvalue weighted by molar-refractivity contribution is 5.95. The second kappa shape index (κ2) is 10.0. The van der Waals surface area contributed by atoms with Crippen LogP contribution in [-0.4, -0.2) is 17.9 Å². The number of anilines is 1. The van der Waals surface area contributed by atoms with Crippen LogP contribution in [0.5, 0.6) is 0 Å². The van der Waals surface area contributed by atoms with Crippen molar-refractivity contribution in [2.45, 2.75) is 65.8 Å². The number of nitrogens with one attached hydrogen (secondary N) is 2. The van der Waals surface area contributed by atoms with Crippen LogP contribution < -0.4 is 10.6 Å². The minimum atomic E-state index is -0.0616. The molecular formula is C19H30N2O2. The van der Waals surface area contributed by atoms with Gasteiger partial charge in [0.1, 0.15) is 0 Å². The first kappa shape index (κ1) is 19.2. The fourth-order valence-corrected chi connectivity index (χ4v) is 2.37. The van der Waals surface area contributed by atoms with E-state index in [0.717, 1.165) is 24.9 Å². The predicted molar refractivity (Wildman–Crippen MR) is 95.6 cm³/mol. The van der Waals surface area contributed by atoms with Crippen LogP contribution >= 0.6 is 0 Å². The van der Waals surface area contributed by atoms with E-state index >= 15 is 0 Å². The molecule has 1 unspecified atom stereocenters. The normalized spacial score (nSPS) is 12.0. The fourth-order valence-electron chi connectivity index (χ4n) is 2.37. The first-order chi connectivity index (χ1) is 10.9. The van der Waals surface area contributed by atoms with E-state index in [1.807, 2.05) is 13.8 Å². The molecule has 0 spiro atoms. The fraction of sp³-hybridized carbons (Fsp3) is 0.579. The molecule has 1 rings (SSSR count). The monoisotopic (exact) mass is 318 g/mol. The third-order valence-corrected chi connectivity index (χ3v) is 3.70. The van der Waals surface area contributed by atoms with Gasteiger partial charge in [0.2, 0.25) is 5.91 Å². The van der Waals surface area contributed by atoms with E-state index in [-0.39, 0.29) is 17.9 Å². The Balaban J connectivity index is 2.45. The van der Waals surface area contributed by atoms with Crippen LogP contribution in [0.15, 0.2) is 24.3 Å². The third kappa shape index (κ3) is 7.82. The lowest BCUT2D eigenvalue weighted by Crippen LogP contribution is -2.32. The molecule has 0 fully saturated rings. The molecule has 0 heterocycles. The van der Waals surface area contributed by atoms with Gasteiger partial charge in [0.05, 0.1) is 0 Å². The van der Waals surface area contributed by atoms with Gasteiger partial charge in [-0.05, 0) is 49.9 Å². The highest BCUT2D eigenvalue weighted by Crippen LogP contribution is 2.12. The van der Waals surface area contributed by atoms with Gasteiger partial charge in [0, 0.05) is 23.7 Å². The standard InChI is InChI=1S/C19H30N2O2/c1-5-7-18(22)21-17-12-10-16(11-13-17)19(23)20-15(4)9-6-8-14(2)3/h10-15H,5-9H2,1-4H3,(H,20,23)(H,21,22). The lowest BCUT2D eigenvalue weighted by atomic mass is 10.0. The third-order valence-electron chi connectivity index (χ3n) is 3.70. The summed E-state index contributed by atoms with van der Waals surface area (Å²) in [7, 11) is 0. The number of carbonyl (C=O) groups excluding carboxylic acids is 2. The molecule has 0 aliphatic heterocycles. The topological polar surface area (TPSA) is 58.2 Å². The molecule has 1 atom stereocenters. The molecule has 0 aliphatic rings. The summed E-state index contributed by atoms with van der Waals surface area (Å²) in [5.74, 6) is 0.644. The zero-order valence-corrected chi connectivity index (χ0v) is 14.8. The number of amides is 2. The molecule has 4 nitrogen and oxygen atoms in total. The van der Waals surface area contributed by atoms with Crippen molar-refractivity contribution >= 4 is 17.5 Å². The Morgan fingerprint density at radius 2 is 1.70 bits per heavy atom. The lowest BCUT2D eigenvalue weighted by Gasteiger charge is -2.15. The van der Waals surface area contributed by atoms with Gasteiger partial charge in [-0.3, -0.25) is 9.59 Å². The van der Waals surface area contributed by atoms with Crippen LogP contribution in [0.4, 0.5) is 5.69 Å². The van der Waals surface area contributed by atoms with E-state index in [2.05, 4.69) is 24.5 Å². The maximum atomic E-state index is 12.2. The molecule has 2 amide bonds. The highest BCUT2D eigenvalue weighted by atomic mass is 16.2. The molecule has 2 N–H and O–H groups in total. The van der Waals surface area contributed by atoms with Crippen molar-refractivity contribution < 1.29 is 9.59 Å². The Bertz CT molecular complexity index is 495. The van der Waals surface area contributed by atoms with Crippen LogP contribution in [0.1, 0.15) is 70.2 Å². The summed E-state index contributed by atoms with van der Waals surface area (Å²) in [6, 6.07) is 7.21. The molecule has 1 aromatic carbocycles. The molecule has 0 saturated carbocycles. The molecule has 0 radical (unpaired) electrons. The van der Waals surface area contributed by atoms with Gasteiger partial charge in [-0.15, -0.1) is 0 Å². The minimum Gasteiger partial charge on any atom is -0.350 e. The Morgan fingerprint density at radius 1 is 1.04 bits per heavy atom. The Kier molecular flexibility index (Phi) is 8.38. The Labute approximate surface area is 140 Å². The summed E-state index contributed by atoms with van der Waals surface area (Å²) in [6.07, 6.45) is 4.64. The van der Waals surface area contributed by atoms with Gasteiger partial charge >= 0.3 is 0 Å². The van der Waals surface area contributed by atoms with Crippen molar-refractivity contribution in [1.82, 2.24) is 5.32 Å². The Morgan fingerprint density at radius 3 is 2.26 bits per heavy atom. The Hall–Kier alpha value is -1.84. The predicted octanol–water partition coefficient (Wildman–Crippen LogP) is 4.37. The number of hydrogen-bond donors (Lipinski definition) is 2. The van der Waals surface area contributed by atoms with E-state index in [1.54, 1.807) is 24.3 Å². The maximum absolute atomic E-state index is 12.2. The highest BCUT2D eigenvalue weighted by Gasteiger charge is 2.10. The van der Waals surface area contributed by atoms with Crippen molar-refractivity contribution in [3.8, 4) is 0 Å². The van der Waals surface area contributed by atoms with Gasteiger partial charge in [0.15, 0.2) is 0 Å². The molecule has 4 heteroatoms. The molecule has 0 aromatic heterocycles. The molecule has 128 valence electrons. The van der Waals surface area contributed by atoms with Crippen LogP contribution in [0.3, 0.4) is 0 Å². The smallest absolute Gasteiger partial charge is 0.251 e. The number of hydrogen-bond acceptors (Lipinski definition) is 2. The van der Waals surface area contributed by atoms with Crippen molar-refractivity contribution in [1.29, 1.82) is 0 Å². The van der Waals surface area contributed by atoms with Gasteiger partial charge < -0.3 is 10.6 Å². The quantitative estimate of drug-likeness (QED) is 0.710. The summed E-state index contributed by atoms with van der Waals surface area (Å²) < 4.78 is 0. The summed E-state index contributed by atoms with van der Waals surface area (Å²) in [5, 5.41) is 5.84. The molecule has 1 aromatic rings. The van der Waals surface area contributed by atoms with E-state index in [9.17, 15) is 9.59 Å². The molecule has 0 saturated heterocycles. The van der Waals surface area contributed by atoms with Crippen molar-refractivity contribution in [2.75, 3.05) is 5.32 Å². The molecule has 23 heavy (non-hydrogen) atoms. The molecule has 0 aliphatic carbocycles. The number of rotatable bonds is 9. The zero-order chi connectivity index (χ0) is 17.2. The molecular weight excluding hydrogens is 288 g/mol. The zero-order valence-electron chi connectivity index (χ0n) is 14.8. The summed E-state index contributed by atoms with van der Waals surface area (Å²) in [5.41, 5.74) is 1.35. The summed E-state index contributed by atoms with van der Waals surface area (Å²) >= 11 is 0. The number of benzene rings is 1.